The maximum absolute atomic E-state index is 12.0. The van der Waals surface area contributed by atoms with Gasteiger partial charge in [0.25, 0.3) is 0 Å². The van der Waals surface area contributed by atoms with Crippen molar-refractivity contribution in [3.05, 3.63) is 18.2 Å². The average Bonchev–Trinajstić information content (AvgIpc) is 2.89. The van der Waals surface area contributed by atoms with Crippen LogP contribution in [0.4, 0.5) is 4.79 Å². The number of rotatable bonds is 6. The topological polar surface area (TPSA) is 98.3 Å². The number of aromatic nitrogens is 2. The first kappa shape index (κ1) is 15.0. The van der Waals surface area contributed by atoms with Crippen molar-refractivity contribution in [2.45, 2.75) is 38.8 Å². The molecule has 0 spiro atoms. The van der Waals surface area contributed by atoms with E-state index in [1.807, 2.05) is 6.92 Å². The summed E-state index contributed by atoms with van der Waals surface area (Å²) < 4.78 is 0. The van der Waals surface area contributed by atoms with Gasteiger partial charge in [-0.05, 0) is 12.8 Å². The molecule has 0 fully saturated rings. The summed E-state index contributed by atoms with van der Waals surface area (Å²) in [5.74, 6) is -0.348. The standard InChI is InChI=1S/C12H20N4O3/c1-4-8(10-13-6-7-14-10)15-12(19)16(3)9(5-2)11(17)18/h6-9H,4-5H2,1-3H3,(H,13,14)(H,15,19)(H,17,18). The summed E-state index contributed by atoms with van der Waals surface area (Å²) in [6.07, 6.45) is 4.31. The number of hydrogen-bond acceptors (Lipinski definition) is 3. The van der Waals surface area contributed by atoms with Gasteiger partial charge in [-0.15, -0.1) is 0 Å². The Bertz CT molecular complexity index is 419. The first-order valence-electron chi connectivity index (χ1n) is 6.26. The number of urea groups is 1. The second-order valence-corrected chi connectivity index (χ2v) is 4.26. The number of hydrogen-bond donors (Lipinski definition) is 3. The number of imidazole rings is 1. The van der Waals surface area contributed by atoms with E-state index >= 15 is 0 Å². The van der Waals surface area contributed by atoms with Crippen LogP contribution in [-0.2, 0) is 4.79 Å². The SMILES string of the molecule is CCC(NC(=O)N(C)C(CC)C(=O)O)c1ncc[nH]1. The summed E-state index contributed by atoms with van der Waals surface area (Å²) in [4.78, 5) is 31.3. The lowest BCUT2D eigenvalue weighted by Crippen LogP contribution is -2.47. The van der Waals surface area contributed by atoms with Gasteiger partial charge in [0.2, 0.25) is 0 Å². The molecule has 0 aliphatic rings. The second kappa shape index (κ2) is 6.77. The summed E-state index contributed by atoms with van der Waals surface area (Å²) >= 11 is 0. The van der Waals surface area contributed by atoms with Gasteiger partial charge in [0.1, 0.15) is 11.9 Å². The van der Waals surface area contributed by atoms with Crippen molar-refractivity contribution in [1.82, 2.24) is 20.2 Å². The van der Waals surface area contributed by atoms with Crippen molar-refractivity contribution >= 4 is 12.0 Å². The second-order valence-electron chi connectivity index (χ2n) is 4.26. The highest BCUT2D eigenvalue weighted by atomic mass is 16.4. The number of nitrogens with one attached hydrogen (secondary N) is 2. The quantitative estimate of drug-likeness (QED) is 0.725. The molecule has 0 aliphatic heterocycles. The fraction of sp³-hybridized carbons (Fsp3) is 0.583. The van der Waals surface area contributed by atoms with Gasteiger partial charge in [-0.2, -0.15) is 0 Å². The summed E-state index contributed by atoms with van der Waals surface area (Å²) in [5.41, 5.74) is 0. The molecule has 7 heteroatoms. The van der Waals surface area contributed by atoms with Crippen molar-refractivity contribution in [2.75, 3.05) is 7.05 Å². The number of likely N-dealkylation sites (N-methyl/N-ethyl adjacent to an activating group) is 1. The summed E-state index contributed by atoms with van der Waals surface area (Å²) in [6.45, 7) is 3.65. The van der Waals surface area contributed by atoms with Crippen LogP contribution in [0.1, 0.15) is 38.6 Å². The number of amides is 2. The van der Waals surface area contributed by atoms with Crippen molar-refractivity contribution < 1.29 is 14.7 Å². The van der Waals surface area contributed by atoms with E-state index in [1.165, 1.54) is 11.9 Å². The molecule has 1 rings (SSSR count). The van der Waals surface area contributed by atoms with E-state index in [9.17, 15) is 9.59 Å². The molecular weight excluding hydrogens is 248 g/mol. The van der Waals surface area contributed by atoms with Gasteiger partial charge in [0, 0.05) is 19.4 Å². The molecule has 3 N–H and O–H groups in total. The molecule has 19 heavy (non-hydrogen) atoms. The van der Waals surface area contributed by atoms with Crippen LogP contribution in [0.2, 0.25) is 0 Å². The van der Waals surface area contributed by atoms with Crippen LogP contribution >= 0.6 is 0 Å². The monoisotopic (exact) mass is 268 g/mol. The highest BCUT2D eigenvalue weighted by Crippen LogP contribution is 2.12. The van der Waals surface area contributed by atoms with Gasteiger partial charge >= 0.3 is 12.0 Å². The van der Waals surface area contributed by atoms with Crippen molar-refractivity contribution in [3.8, 4) is 0 Å². The van der Waals surface area contributed by atoms with Crippen LogP contribution in [0, 0.1) is 0 Å². The third-order valence-corrected chi connectivity index (χ3v) is 3.02. The molecule has 0 aliphatic carbocycles. The van der Waals surface area contributed by atoms with Crippen LogP contribution in [0.25, 0.3) is 0 Å². The summed E-state index contributed by atoms with van der Waals surface area (Å²) in [6, 6.07) is -1.50. The lowest BCUT2D eigenvalue weighted by molar-refractivity contribution is -0.141. The van der Waals surface area contributed by atoms with Crippen LogP contribution in [-0.4, -0.2) is 45.1 Å². The Morgan fingerprint density at radius 1 is 1.47 bits per heavy atom. The minimum absolute atomic E-state index is 0.253. The third kappa shape index (κ3) is 3.70. The van der Waals surface area contributed by atoms with Crippen LogP contribution in [0.3, 0.4) is 0 Å². The average molecular weight is 268 g/mol. The zero-order chi connectivity index (χ0) is 14.4. The Kier molecular flexibility index (Phi) is 5.35. The lowest BCUT2D eigenvalue weighted by atomic mass is 10.2. The zero-order valence-electron chi connectivity index (χ0n) is 11.4. The Hall–Kier alpha value is -2.05. The fourth-order valence-corrected chi connectivity index (χ4v) is 1.84. The number of aliphatic carboxylic acids is 1. The molecule has 0 saturated heterocycles. The number of aromatic amines is 1. The summed E-state index contributed by atoms with van der Waals surface area (Å²) in [5, 5.41) is 11.8. The van der Waals surface area contributed by atoms with E-state index in [0.717, 1.165) is 0 Å². The number of carbonyl (C=O) groups is 2. The molecule has 1 aromatic rings. The van der Waals surface area contributed by atoms with Crippen molar-refractivity contribution in [2.24, 2.45) is 0 Å². The Balaban J connectivity index is 2.70. The fourth-order valence-electron chi connectivity index (χ4n) is 1.84. The molecule has 2 atom stereocenters. The van der Waals surface area contributed by atoms with E-state index in [4.69, 9.17) is 5.11 Å². The van der Waals surface area contributed by atoms with Crippen LogP contribution in [0.15, 0.2) is 12.4 Å². The highest BCUT2D eigenvalue weighted by molar-refractivity contribution is 5.82. The predicted octanol–water partition coefficient (Wildman–Crippen LogP) is 1.37. The molecule has 0 bridgehead atoms. The Labute approximate surface area is 112 Å². The summed E-state index contributed by atoms with van der Waals surface area (Å²) in [7, 11) is 1.48. The van der Waals surface area contributed by atoms with Gasteiger partial charge in [-0.3, -0.25) is 0 Å². The number of nitrogens with zero attached hydrogens (tertiary/aromatic N) is 2. The smallest absolute Gasteiger partial charge is 0.326 e. The van der Waals surface area contributed by atoms with Crippen LogP contribution < -0.4 is 5.32 Å². The minimum Gasteiger partial charge on any atom is -0.480 e. The molecule has 0 saturated carbocycles. The molecule has 2 unspecified atom stereocenters. The number of carboxylic acids is 1. The normalized spacial score (nSPS) is 13.6. The molecule has 0 aromatic carbocycles. The highest BCUT2D eigenvalue weighted by Gasteiger charge is 2.26. The van der Waals surface area contributed by atoms with E-state index in [0.29, 0.717) is 18.7 Å². The van der Waals surface area contributed by atoms with Crippen molar-refractivity contribution in [3.63, 3.8) is 0 Å². The van der Waals surface area contributed by atoms with E-state index < -0.39 is 18.0 Å². The van der Waals surface area contributed by atoms with E-state index in [-0.39, 0.29) is 6.04 Å². The molecule has 0 radical (unpaired) electrons. The Morgan fingerprint density at radius 2 is 2.16 bits per heavy atom. The first-order chi connectivity index (χ1) is 9.01. The molecule has 1 aromatic heterocycles. The number of carbonyl (C=O) groups excluding carboxylic acids is 1. The first-order valence-corrected chi connectivity index (χ1v) is 6.26. The predicted molar refractivity (Wildman–Crippen MR) is 69.6 cm³/mol. The van der Waals surface area contributed by atoms with Gasteiger partial charge in [-0.25, -0.2) is 14.6 Å². The van der Waals surface area contributed by atoms with Crippen molar-refractivity contribution in [1.29, 1.82) is 0 Å². The van der Waals surface area contributed by atoms with Crippen LogP contribution in [0.5, 0.6) is 0 Å². The number of H-pyrrole nitrogens is 1. The largest absolute Gasteiger partial charge is 0.480 e. The maximum Gasteiger partial charge on any atom is 0.326 e. The van der Waals surface area contributed by atoms with E-state index in [2.05, 4.69) is 15.3 Å². The third-order valence-electron chi connectivity index (χ3n) is 3.02. The molecular formula is C12H20N4O3. The van der Waals surface area contributed by atoms with E-state index in [1.54, 1.807) is 19.3 Å². The van der Waals surface area contributed by atoms with Gasteiger partial charge < -0.3 is 20.3 Å². The minimum atomic E-state index is -1.01. The molecule has 1 heterocycles. The molecule has 2 amide bonds. The van der Waals surface area contributed by atoms with Gasteiger partial charge in [0.05, 0.1) is 6.04 Å². The molecule has 106 valence electrons. The molecule has 7 nitrogen and oxygen atoms in total. The Morgan fingerprint density at radius 3 is 2.58 bits per heavy atom. The zero-order valence-corrected chi connectivity index (χ0v) is 11.4. The van der Waals surface area contributed by atoms with Gasteiger partial charge in [0.15, 0.2) is 0 Å². The lowest BCUT2D eigenvalue weighted by Gasteiger charge is -2.26. The maximum atomic E-state index is 12.0. The van der Waals surface area contributed by atoms with Gasteiger partial charge in [-0.1, -0.05) is 13.8 Å². The number of carboxylic acid groups (broad SMARTS) is 1.